The van der Waals surface area contributed by atoms with Crippen molar-refractivity contribution in [2.45, 2.75) is 29.5 Å². The predicted octanol–water partition coefficient (Wildman–Crippen LogP) is 5.05. The van der Waals surface area contributed by atoms with E-state index in [9.17, 15) is 19.2 Å². The molecule has 2 amide bonds. The lowest BCUT2D eigenvalue weighted by molar-refractivity contribution is -0.123. The van der Waals surface area contributed by atoms with Gasteiger partial charge in [-0.2, -0.15) is 0 Å². The summed E-state index contributed by atoms with van der Waals surface area (Å²) in [5.41, 5.74) is 2.01. The number of nitrogens with one attached hydrogen (secondary N) is 1. The summed E-state index contributed by atoms with van der Waals surface area (Å²) in [6.07, 6.45) is 0.844. The van der Waals surface area contributed by atoms with E-state index < -0.39 is 5.97 Å². The Bertz CT molecular complexity index is 1530. The van der Waals surface area contributed by atoms with Crippen molar-refractivity contribution in [3.63, 3.8) is 0 Å². The molecule has 194 valence electrons. The molecule has 7 rings (SSSR count). The molecule has 2 bridgehead atoms. The third-order valence-electron chi connectivity index (χ3n) is 8.59. The molecule has 6 unspecified atom stereocenters. The summed E-state index contributed by atoms with van der Waals surface area (Å²) < 4.78 is 6.04. The Hall–Kier alpha value is -2.69. The number of ether oxygens (including phenoxy) is 1. The summed E-state index contributed by atoms with van der Waals surface area (Å²) in [4.78, 5) is 57.4. The van der Waals surface area contributed by atoms with Crippen LogP contribution in [-0.4, -0.2) is 34.6 Å². The van der Waals surface area contributed by atoms with Crippen molar-refractivity contribution in [3.05, 3.63) is 78.7 Å². The van der Waals surface area contributed by atoms with Gasteiger partial charge in [0.05, 0.1) is 34.7 Å². The number of hydrogen-bond donors (Lipinski definition) is 1. The number of aromatic amines is 1. The minimum atomic E-state index is -0.432. The van der Waals surface area contributed by atoms with Gasteiger partial charge >= 0.3 is 10.8 Å². The van der Waals surface area contributed by atoms with Crippen molar-refractivity contribution >= 4 is 62.5 Å². The third-order valence-corrected chi connectivity index (χ3v) is 11.7. The quantitative estimate of drug-likeness (QED) is 0.328. The van der Waals surface area contributed by atoms with Gasteiger partial charge in [-0.1, -0.05) is 39.4 Å². The van der Waals surface area contributed by atoms with Crippen LogP contribution in [0.4, 0.5) is 5.69 Å². The molecule has 2 aliphatic carbocycles. The van der Waals surface area contributed by atoms with E-state index in [0.717, 1.165) is 26.4 Å². The van der Waals surface area contributed by atoms with Gasteiger partial charge in [0.25, 0.3) is 0 Å². The smallest absolute Gasteiger partial charge is 0.338 e. The van der Waals surface area contributed by atoms with Crippen LogP contribution >= 0.6 is 39.0 Å². The fraction of sp³-hybridized carbons (Fsp3) is 0.357. The van der Waals surface area contributed by atoms with Crippen LogP contribution in [0.5, 0.6) is 0 Å². The summed E-state index contributed by atoms with van der Waals surface area (Å²) in [6, 6.07) is 14.7. The average molecular weight is 612 g/mol. The largest absolute Gasteiger partial charge is 0.462 e. The Morgan fingerprint density at radius 2 is 1.71 bits per heavy atom. The highest BCUT2D eigenvalue weighted by atomic mass is 79.9. The molecule has 1 saturated heterocycles. The van der Waals surface area contributed by atoms with E-state index in [1.807, 2.05) is 12.1 Å². The van der Waals surface area contributed by atoms with Gasteiger partial charge in [-0.3, -0.25) is 19.3 Å². The average Bonchev–Trinajstić information content (AvgIpc) is 3.64. The van der Waals surface area contributed by atoms with E-state index in [2.05, 4.69) is 33.0 Å². The molecule has 38 heavy (non-hydrogen) atoms. The molecule has 2 saturated carbocycles. The molecule has 10 heteroatoms. The first-order valence-electron chi connectivity index (χ1n) is 12.7. The highest BCUT2D eigenvalue weighted by Gasteiger charge is 2.69. The number of nitrogens with zero attached hydrogens (tertiary/aromatic N) is 1. The van der Waals surface area contributed by atoms with Crippen LogP contribution in [0.1, 0.15) is 40.1 Å². The van der Waals surface area contributed by atoms with E-state index in [-0.39, 0.29) is 64.1 Å². The van der Waals surface area contributed by atoms with E-state index in [1.165, 1.54) is 16.2 Å². The molecule has 4 aliphatic rings. The molecule has 7 atom stereocenters. The van der Waals surface area contributed by atoms with Crippen molar-refractivity contribution in [2.75, 3.05) is 11.5 Å². The summed E-state index contributed by atoms with van der Waals surface area (Å²) in [5, 5.41) is 1.05. The van der Waals surface area contributed by atoms with Crippen LogP contribution in [0.3, 0.4) is 0 Å². The maximum Gasteiger partial charge on any atom is 0.338 e. The molecule has 1 aromatic heterocycles. The predicted molar refractivity (Wildman–Crippen MR) is 148 cm³/mol. The lowest BCUT2D eigenvalue weighted by Gasteiger charge is -2.43. The lowest BCUT2D eigenvalue weighted by Crippen LogP contribution is -2.42. The second kappa shape index (κ2) is 8.93. The number of benzene rings is 2. The minimum absolute atomic E-state index is 0.00469. The first-order chi connectivity index (χ1) is 18.4. The minimum Gasteiger partial charge on any atom is -0.462 e. The number of imide groups is 1. The Labute approximate surface area is 235 Å². The molecule has 3 aromatic rings. The van der Waals surface area contributed by atoms with Crippen molar-refractivity contribution in [2.24, 2.45) is 29.6 Å². The van der Waals surface area contributed by atoms with Crippen molar-refractivity contribution in [1.29, 1.82) is 0 Å². The molecule has 3 heterocycles. The topological polar surface area (TPSA) is 96.5 Å². The molecule has 7 nitrogen and oxygen atoms in total. The maximum absolute atomic E-state index is 13.9. The number of aromatic nitrogens is 1. The zero-order valence-electron chi connectivity index (χ0n) is 20.3. The van der Waals surface area contributed by atoms with Crippen molar-refractivity contribution in [1.82, 2.24) is 4.98 Å². The second-order valence-electron chi connectivity index (χ2n) is 10.3. The van der Waals surface area contributed by atoms with Gasteiger partial charge in [0.2, 0.25) is 11.8 Å². The first kappa shape index (κ1) is 24.4. The second-order valence-corrected chi connectivity index (χ2v) is 13.4. The number of thiazole rings is 1. The molecule has 1 N–H and O–H groups in total. The maximum atomic E-state index is 13.9. The van der Waals surface area contributed by atoms with Gasteiger partial charge in [0, 0.05) is 20.5 Å². The summed E-state index contributed by atoms with van der Waals surface area (Å²) in [6.45, 7) is 2.02. The molecule has 0 radical (unpaired) electrons. The number of fused-ring (bicyclic) bond motifs is 9. The zero-order valence-corrected chi connectivity index (χ0v) is 23.5. The van der Waals surface area contributed by atoms with Gasteiger partial charge in [0.15, 0.2) is 0 Å². The number of esters is 1. The number of carbonyl (C=O) groups excluding carboxylic acids is 3. The third kappa shape index (κ3) is 3.46. The van der Waals surface area contributed by atoms with Crippen molar-refractivity contribution in [3.8, 4) is 0 Å². The van der Waals surface area contributed by atoms with Gasteiger partial charge in [-0.15, -0.1) is 11.8 Å². The lowest BCUT2D eigenvalue weighted by atomic mass is 9.68. The van der Waals surface area contributed by atoms with Crippen LogP contribution in [0.25, 0.3) is 0 Å². The summed E-state index contributed by atoms with van der Waals surface area (Å²) >= 11 is 6.47. The Balaban J connectivity index is 1.25. The van der Waals surface area contributed by atoms with Crippen LogP contribution in [0.15, 0.2) is 62.8 Å². The van der Waals surface area contributed by atoms with Crippen LogP contribution in [0, 0.1) is 29.6 Å². The number of thioether (sulfide) groups is 1. The van der Waals surface area contributed by atoms with E-state index in [4.69, 9.17) is 4.74 Å². The monoisotopic (exact) mass is 610 g/mol. The molecule has 2 aliphatic heterocycles. The molecule has 0 spiro atoms. The fourth-order valence-electron chi connectivity index (χ4n) is 7.28. The Morgan fingerprint density at radius 1 is 1.03 bits per heavy atom. The molecular weight excluding hydrogens is 588 g/mol. The van der Waals surface area contributed by atoms with Crippen LogP contribution < -0.4 is 9.77 Å². The van der Waals surface area contributed by atoms with E-state index >= 15 is 0 Å². The number of hydrogen-bond acceptors (Lipinski definition) is 7. The standard InChI is InChI=1S/C28H23BrN2O5S2/c1-2-36-27(34)13-5-9-15(10-6-13)31-25(32)20-16-11-17(21(20)26(31)33)22-19(16)18(12-3-7-14(29)8-4-12)23-24(37-22)30-28(35)38-23/h3-10,16-22H,2,11H2,1H3,(H,30,35)/t16?,17?,18-,19?,20?,21?,22?/m1/s1. The number of carbonyl (C=O) groups is 3. The van der Waals surface area contributed by atoms with Gasteiger partial charge < -0.3 is 9.72 Å². The highest BCUT2D eigenvalue weighted by Crippen LogP contribution is 2.68. The van der Waals surface area contributed by atoms with Gasteiger partial charge in [-0.05, 0) is 73.1 Å². The fourth-order valence-corrected chi connectivity index (χ4v) is 10.4. The van der Waals surface area contributed by atoms with E-state index in [1.54, 1.807) is 43.0 Å². The number of amides is 2. The SMILES string of the molecule is CCOC(=O)c1ccc(N2C(=O)C3C4CC(C3C2=O)C2C4Sc3[nH]c(=O)sc3[C@@H]2c2ccc(Br)cc2)cc1. The van der Waals surface area contributed by atoms with E-state index in [0.29, 0.717) is 11.3 Å². The van der Waals surface area contributed by atoms with Crippen LogP contribution in [-0.2, 0) is 14.3 Å². The number of H-pyrrole nitrogens is 1. The van der Waals surface area contributed by atoms with Gasteiger partial charge in [-0.25, -0.2) is 4.79 Å². The molecule has 3 fully saturated rings. The number of anilines is 1. The Morgan fingerprint density at radius 3 is 2.39 bits per heavy atom. The normalized spacial score (nSPS) is 30.8. The number of rotatable bonds is 4. The van der Waals surface area contributed by atoms with Gasteiger partial charge in [0.1, 0.15) is 0 Å². The summed E-state index contributed by atoms with van der Waals surface area (Å²) in [5.74, 6) is -1.17. The number of halogens is 1. The molecular formula is C28H23BrN2O5S2. The van der Waals surface area contributed by atoms with Crippen molar-refractivity contribution < 1.29 is 19.1 Å². The highest BCUT2D eigenvalue weighted by molar-refractivity contribution is 9.10. The zero-order chi connectivity index (χ0) is 26.3. The summed E-state index contributed by atoms with van der Waals surface area (Å²) in [7, 11) is 0. The Kier molecular flexibility index (Phi) is 5.72. The first-order valence-corrected chi connectivity index (χ1v) is 15.2. The van der Waals surface area contributed by atoms with Crippen LogP contribution in [0.2, 0.25) is 0 Å². The molecule has 2 aromatic carbocycles.